The summed E-state index contributed by atoms with van der Waals surface area (Å²) >= 11 is 2.40. The first kappa shape index (κ1) is 8.74. The predicted octanol–water partition coefficient (Wildman–Crippen LogP) is 1.36. The Labute approximate surface area is 77.1 Å². The average molecular weight is 254 g/mol. The van der Waals surface area contributed by atoms with Crippen LogP contribution in [0.15, 0.2) is 0 Å². The molecule has 0 saturated carbocycles. The molecule has 10 heavy (non-hydrogen) atoms. The normalized spacial score (nSPS) is 38.4. The second kappa shape index (κ2) is 3.36. The van der Waals surface area contributed by atoms with Gasteiger partial charge >= 0.3 is 0 Å². The van der Waals surface area contributed by atoms with Crippen molar-refractivity contribution in [2.24, 2.45) is 0 Å². The summed E-state index contributed by atoms with van der Waals surface area (Å²) in [5.41, 5.74) is 0. The molecule has 0 aromatic carbocycles. The first-order valence-corrected chi connectivity index (χ1v) is 4.70. The van der Waals surface area contributed by atoms with Crippen LogP contribution in [0.3, 0.4) is 0 Å². The molecule has 1 heterocycles. The van der Waals surface area contributed by atoms with Crippen LogP contribution in [0.2, 0.25) is 0 Å². The van der Waals surface area contributed by atoms with Gasteiger partial charge in [0.25, 0.3) is 0 Å². The minimum absolute atomic E-state index is 0.709. The predicted molar refractivity (Wildman–Crippen MR) is 52.3 cm³/mol. The quantitative estimate of drug-likeness (QED) is 0.475. The number of halogens is 1. The van der Waals surface area contributed by atoms with Crippen LogP contribution >= 0.6 is 22.9 Å². The summed E-state index contributed by atoms with van der Waals surface area (Å²) in [5.74, 6) is 0. The summed E-state index contributed by atoms with van der Waals surface area (Å²) < 4.78 is 2.37. The molecular weight excluding hydrogens is 239 g/mol. The van der Waals surface area contributed by atoms with Crippen molar-refractivity contribution in [3.05, 3.63) is 0 Å². The fraction of sp³-hybridized carbons (Fsp3) is 1.00. The van der Waals surface area contributed by atoms with Gasteiger partial charge in [0.2, 0.25) is 0 Å². The molecule has 3 heteroatoms. The van der Waals surface area contributed by atoms with E-state index in [2.05, 4.69) is 51.8 Å². The zero-order valence-corrected chi connectivity index (χ0v) is 9.00. The molecular formula is C7H15IN2. The van der Waals surface area contributed by atoms with Gasteiger partial charge in [-0.25, -0.2) is 3.11 Å². The van der Waals surface area contributed by atoms with Crippen LogP contribution in [0.5, 0.6) is 0 Å². The molecule has 2 nitrogen and oxygen atoms in total. The molecule has 1 aliphatic rings. The second-order valence-electron chi connectivity index (χ2n) is 3.19. The summed E-state index contributed by atoms with van der Waals surface area (Å²) in [7, 11) is 2.21. The van der Waals surface area contributed by atoms with Crippen molar-refractivity contribution in [1.29, 1.82) is 0 Å². The second-order valence-corrected chi connectivity index (χ2v) is 4.56. The Morgan fingerprint density at radius 1 is 1.20 bits per heavy atom. The van der Waals surface area contributed by atoms with E-state index < -0.39 is 0 Å². The van der Waals surface area contributed by atoms with Crippen LogP contribution in [-0.2, 0) is 0 Å². The zero-order valence-electron chi connectivity index (χ0n) is 6.84. The van der Waals surface area contributed by atoms with Crippen molar-refractivity contribution >= 4 is 22.9 Å². The lowest BCUT2D eigenvalue weighted by atomic mass is 10.1. The van der Waals surface area contributed by atoms with Crippen LogP contribution < -0.4 is 0 Å². The number of rotatable bonds is 0. The first-order chi connectivity index (χ1) is 4.61. The first-order valence-electron chi connectivity index (χ1n) is 3.74. The van der Waals surface area contributed by atoms with Gasteiger partial charge in [0.1, 0.15) is 0 Å². The average Bonchev–Trinajstić information content (AvgIpc) is 1.82. The lowest BCUT2D eigenvalue weighted by molar-refractivity contribution is 0.119. The van der Waals surface area contributed by atoms with E-state index >= 15 is 0 Å². The standard InChI is InChI=1S/C7H15IN2/c1-6-4-10(8)5-7(2)9(6)3/h6-7H,4-5H2,1-3H3/t6-,7-/m0/s1. The Kier molecular flexibility index (Phi) is 2.94. The van der Waals surface area contributed by atoms with E-state index in [1.54, 1.807) is 0 Å². The molecule has 0 radical (unpaired) electrons. The fourth-order valence-corrected chi connectivity index (χ4v) is 2.48. The third-order valence-electron chi connectivity index (χ3n) is 2.32. The topological polar surface area (TPSA) is 6.48 Å². The summed E-state index contributed by atoms with van der Waals surface area (Å²) in [6, 6.07) is 1.42. The van der Waals surface area contributed by atoms with Gasteiger partial charge in [0.05, 0.1) is 0 Å². The number of piperazine rings is 1. The smallest absolute Gasteiger partial charge is 0.0235 e. The van der Waals surface area contributed by atoms with E-state index in [1.807, 2.05) is 0 Å². The summed E-state index contributed by atoms with van der Waals surface area (Å²) in [6.45, 7) is 6.95. The number of nitrogens with zero attached hydrogens (tertiary/aromatic N) is 2. The van der Waals surface area contributed by atoms with Crippen LogP contribution in [0.4, 0.5) is 0 Å². The van der Waals surface area contributed by atoms with Crippen molar-refractivity contribution < 1.29 is 0 Å². The fourth-order valence-electron chi connectivity index (χ4n) is 1.34. The molecule has 0 amide bonds. The monoisotopic (exact) mass is 254 g/mol. The van der Waals surface area contributed by atoms with Gasteiger partial charge in [-0.2, -0.15) is 0 Å². The Hall–Kier alpha value is 0.650. The Morgan fingerprint density at radius 3 is 2.00 bits per heavy atom. The highest BCUT2D eigenvalue weighted by molar-refractivity contribution is 14.1. The zero-order chi connectivity index (χ0) is 7.72. The summed E-state index contributed by atoms with van der Waals surface area (Å²) in [5, 5.41) is 0. The third kappa shape index (κ3) is 1.83. The third-order valence-corrected chi connectivity index (χ3v) is 3.10. The Bertz CT molecular complexity index is 106. The van der Waals surface area contributed by atoms with Crippen LogP contribution in [-0.4, -0.2) is 40.2 Å². The molecule has 0 bridgehead atoms. The largest absolute Gasteiger partial charge is 0.298 e. The molecule has 0 spiro atoms. The van der Waals surface area contributed by atoms with Crippen molar-refractivity contribution in [3.8, 4) is 0 Å². The molecule has 0 N–H and O–H groups in total. The van der Waals surface area contributed by atoms with Crippen molar-refractivity contribution in [3.63, 3.8) is 0 Å². The number of hydrogen-bond acceptors (Lipinski definition) is 2. The van der Waals surface area contributed by atoms with Gasteiger partial charge < -0.3 is 0 Å². The highest BCUT2D eigenvalue weighted by Crippen LogP contribution is 2.15. The lowest BCUT2D eigenvalue weighted by Crippen LogP contribution is -2.51. The van der Waals surface area contributed by atoms with E-state index in [0.29, 0.717) is 12.1 Å². The Balaban J connectivity index is 2.49. The molecule has 0 aromatic rings. The molecule has 1 saturated heterocycles. The van der Waals surface area contributed by atoms with Gasteiger partial charge in [0.15, 0.2) is 0 Å². The molecule has 2 atom stereocenters. The van der Waals surface area contributed by atoms with Crippen molar-refractivity contribution in [1.82, 2.24) is 8.01 Å². The van der Waals surface area contributed by atoms with E-state index in [1.165, 1.54) is 13.1 Å². The lowest BCUT2D eigenvalue weighted by Gasteiger charge is -2.39. The Morgan fingerprint density at radius 2 is 1.60 bits per heavy atom. The van der Waals surface area contributed by atoms with Crippen molar-refractivity contribution in [2.45, 2.75) is 25.9 Å². The van der Waals surface area contributed by atoms with E-state index in [-0.39, 0.29) is 0 Å². The number of likely N-dealkylation sites (N-methyl/N-ethyl adjacent to an activating group) is 1. The highest BCUT2D eigenvalue weighted by atomic mass is 127. The van der Waals surface area contributed by atoms with Gasteiger partial charge in [-0.3, -0.25) is 4.90 Å². The van der Waals surface area contributed by atoms with Gasteiger partial charge in [-0.15, -0.1) is 0 Å². The maximum Gasteiger partial charge on any atom is 0.0235 e. The molecule has 0 unspecified atom stereocenters. The number of hydrogen-bond donors (Lipinski definition) is 0. The van der Waals surface area contributed by atoms with E-state index in [4.69, 9.17) is 0 Å². The van der Waals surface area contributed by atoms with Crippen LogP contribution in [0.1, 0.15) is 13.8 Å². The van der Waals surface area contributed by atoms with Crippen molar-refractivity contribution in [2.75, 3.05) is 20.1 Å². The SMILES string of the molecule is C[C@H]1CN(I)C[C@H](C)N1C. The molecule has 0 aromatic heterocycles. The summed E-state index contributed by atoms with van der Waals surface area (Å²) in [4.78, 5) is 2.44. The molecule has 1 aliphatic heterocycles. The van der Waals surface area contributed by atoms with Gasteiger partial charge in [-0.1, -0.05) is 0 Å². The maximum absolute atomic E-state index is 2.44. The van der Waals surface area contributed by atoms with Crippen LogP contribution in [0.25, 0.3) is 0 Å². The molecule has 1 fully saturated rings. The van der Waals surface area contributed by atoms with Gasteiger partial charge in [-0.05, 0) is 20.9 Å². The van der Waals surface area contributed by atoms with E-state index in [0.717, 1.165) is 0 Å². The maximum atomic E-state index is 2.44. The van der Waals surface area contributed by atoms with E-state index in [9.17, 15) is 0 Å². The molecule has 1 rings (SSSR count). The summed E-state index contributed by atoms with van der Waals surface area (Å²) in [6.07, 6.45) is 0. The van der Waals surface area contributed by atoms with Gasteiger partial charge in [0, 0.05) is 48.0 Å². The highest BCUT2D eigenvalue weighted by Gasteiger charge is 2.24. The molecule has 0 aliphatic carbocycles. The van der Waals surface area contributed by atoms with Crippen LogP contribution in [0, 0.1) is 0 Å². The minimum atomic E-state index is 0.709. The minimum Gasteiger partial charge on any atom is -0.298 e. The molecule has 60 valence electrons.